The Balaban J connectivity index is 2.92. The van der Waals surface area contributed by atoms with Gasteiger partial charge >= 0.3 is 0 Å². The summed E-state index contributed by atoms with van der Waals surface area (Å²) in [6.45, 7) is 1.36. The van der Waals surface area contributed by atoms with E-state index in [1.807, 2.05) is 12.1 Å². The molecule has 0 aliphatic rings. The van der Waals surface area contributed by atoms with Crippen molar-refractivity contribution < 1.29 is 4.79 Å². The van der Waals surface area contributed by atoms with Crippen molar-refractivity contribution in [3.05, 3.63) is 28.5 Å². The lowest BCUT2D eigenvalue weighted by molar-refractivity contribution is -0.119. The molecule has 0 saturated carbocycles. The maximum absolute atomic E-state index is 11.1. The van der Waals surface area contributed by atoms with E-state index >= 15 is 0 Å². The molecule has 0 fully saturated rings. The van der Waals surface area contributed by atoms with Crippen LogP contribution in [0.1, 0.15) is 18.2 Å². The molecule has 0 aliphatic heterocycles. The predicted molar refractivity (Wildman–Crippen MR) is 57.5 cm³/mol. The molecule has 0 spiro atoms. The molecule has 1 atom stereocenters. The van der Waals surface area contributed by atoms with Crippen molar-refractivity contribution in [2.45, 2.75) is 13.3 Å². The highest BCUT2D eigenvalue weighted by Crippen LogP contribution is 2.15. The maximum Gasteiger partial charge on any atom is 0.147 e. The number of aromatic nitrogens is 1. The second-order valence-corrected chi connectivity index (χ2v) is 3.61. The van der Waals surface area contributed by atoms with Gasteiger partial charge in [0.05, 0.1) is 11.6 Å². The van der Waals surface area contributed by atoms with E-state index in [9.17, 15) is 4.79 Å². The van der Waals surface area contributed by atoms with Crippen LogP contribution in [0.2, 0.25) is 5.15 Å². The molecule has 16 heavy (non-hydrogen) atoms. The lowest BCUT2D eigenvalue weighted by atomic mass is 10.0. The molecule has 0 N–H and O–H groups in total. The Labute approximate surface area is 98.1 Å². The molecule has 0 aliphatic carbocycles. The number of pyridine rings is 1. The van der Waals surface area contributed by atoms with Crippen molar-refractivity contribution in [3.63, 3.8) is 0 Å². The Morgan fingerprint density at radius 1 is 1.56 bits per heavy atom. The van der Waals surface area contributed by atoms with Crippen LogP contribution < -0.4 is 0 Å². The maximum atomic E-state index is 11.1. The molecule has 80 valence electrons. The highest BCUT2D eigenvalue weighted by atomic mass is 35.5. The van der Waals surface area contributed by atoms with Gasteiger partial charge in [-0.05, 0) is 19.1 Å². The van der Waals surface area contributed by atoms with Gasteiger partial charge < -0.3 is 0 Å². The molecule has 5 heteroatoms. The molecule has 1 unspecified atom stereocenters. The normalized spacial score (nSPS) is 11.2. The topological polar surface area (TPSA) is 77.5 Å². The summed E-state index contributed by atoms with van der Waals surface area (Å²) in [6, 6.07) is 6.91. The van der Waals surface area contributed by atoms with Crippen LogP contribution in [0, 0.1) is 28.6 Å². The average molecular weight is 234 g/mol. The minimum absolute atomic E-state index is 0.0974. The molecule has 0 bridgehead atoms. The molecular formula is C11H8ClN3O. The van der Waals surface area contributed by atoms with Gasteiger partial charge in [-0.1, -0.05) is 11.6 Å². The van der Waals surface area contributed by atoms with Crippen molar-refractivity contribution >= 4 is 17.4 Å². The number of carbonyl (C=O) groups is 1. The Morgan fingerprint density at radius 3 is 2.69 bits per heavy atom. The van der Waals surface area contributed by atoms with E-state index in [-0.39, 0.29) is 22.9 Å². The van der Waals surface area contributed by atoms with E-state index in [1.165, 1.54) is 13.0 Å². The summed E-state index contributed by atoms with van der Waals surface area (Å²) in [4.78, 5) is 15.0. The van der Waals surface area contributed by atoms with E-state index in [1.54, 1.807) is 6.07 Å². The van der Waals surface area contributed by atoms with E-state index in [4.69, 9.17) is 22.1 Å². The van der Waals surface area contributed by atoms with Crippen molar-refractivity contribution in [2.75, 3.05) is 0 Å². The third kappa shape index (κ3) is 2.79. The van der Waals surface area contributed by atoms with Crippen LogP contribution in [-0.2, 0) is 11.2 Å². The summed E-state index contributed by atoms with van der Waals surface area (Å²) >= 11 is 5.73. The summed E-state index contributed by atoms with van der Waals surface area (Å²) in [5.41, 5.74) is 0.812. The fourth-order valence-electron chi connectivity index (χ4n) is 1.16. The molecule has 1 rings (SSSR count). The first kappa shape index (κ1) is 12.2. The van der Waals surface area contributed by atoms with Crippen LogP contribution >= 0.6 is 11.6 Å². The van der Waals surface area contributed by atoms with Crippen molar-refractivity contribution in [2.24, 2.45) is 5.92 Å². The summed E-state index contributed by atoms with van der Waals surface area (Å²) in [5, 5.41) is 17.5. The first-order valence-electron chi connectivity index (χ1n) is 4.54. The zero-order chi connectivity index (χ0) is 12.1. The highest BCUT2D eigenvalue weighted by molar-refractivity contribution is 6.30. The van der Waals surface area contributed by atoms with Crippen LogP contribution in [0.4, 0.5) is 0 Å². The standard InChI is InChI=1S/C11H8ClN3O/c1-7(16)9(6-14)4-10-3-2-8(5-13)11(12)15-10/h2-3,9H,4H2,1H3. The van der Waals surface area contributed by atoms with E-state index in [2.05, 4.69) is 4.98 Å². The molecule has 1 aromatic heterocycles. The zero-order valence-electron chi connectivity index (χ0n) is 8.57. The molecule has 0 amide bonds. The number of halogens is 1. The monoisotopic (exact) mass is 233 g/mol. The van der Waals surface area contributed by atoms with E-state index < -0.39 is 5.92 Å². The first-order chi connectivity index (χ1) is 7.58. The smallest absolute Gasteiger partial charge is 0.147 e. The molecule has 0 radical (unpaired) electrons. The number of hydrogen-bond donors (Lipinski definition) is 0. The van der Waals surface area contributed by atoms with Crippen LogP contribution in [-0.4, -0.2) is 10.8 Å². The predicted octanol–water partition coefficient (Wildman–Crippen LogP) is 1.88. The molecule has 0 saturated heterocycles. The lowest BCUT2D eigenvalue weighted by Gasteiger charge is -2.05. The van der Waals surface area contributed by atoms with Crippen LogP contribution in [0.5, 0.6) is 0 Å². The van der Waals surface area contributed by atoms with Gasteiger partial charge in [-0.15, -0.1) is 0 Å². The van der Waals surface area contributed by atoms with Crippen molar-refractivity contribution in [1.82, 2.24) is 4.98 Å². The second kappa shape index (κ2) is 5.25. The fourth-order valence-corrected chi connectivity index (χ4v) is 1.37. The first-order valence-corrected chi connectivity index (χ1v) is 4.92. The lowest BCUT2D eigenvalue weighted by Crippen LogP contribution is -2.12. The summed E-state index contributed by atoms with van der Waals surface area (Å²) in [7, 11) is 0. The Hall–Kier alpha value is -1.91. The van der Waals surface area contributed by atoms with Crippen molar-refractivity contribution in [1.29, 1.82) is 10.5 Å². The minimum Gasteiger partial charge on any atom is -0.299 e. The van der Waals surface area contributed by atoms with Gasteiger partial charge in [-0.25, -0.2) is 4.98 Å². The van der Waals surface area contributed by atoms with Crippen LogP contribution in [0.25, 0.3) is 0 Å². The average Bonchev–Trinajstić information content (AvgIpc) is 2.25. The molecule has 1 heterocycles. The number of nitriles is 2. The Kier molecular flexibility index (Phi) is 3.99. The minimum atomic E-state index is -0.712. The zero-order valence-corrected chi connectivity index (χ0v) is 9.32. The summed E-state index contributed by atoms with van der Waals surface area (Å²) in [6.07, 6.45) is 0.220. The number of ketones is 1. The van der Waals surface area contributed by atoms with Gasteiger partial charge in [0.25, 0.3) is 0 Å². The van der Waals surface area contributed by atoms with Gasteiger partial charge in [-0.2, -0.15) is 10.5 Å². The van der Waals surface area contributed by atoms with Gasteiger partial charge in [0.15, 0.2) is 0 Å². The Morgan fingerprint density at radius 2 is 2.25 bits per heavy atom. The van der Waals surface area contributed by atoms with E-state index in [0.29, 0.717) is 5.69 Å². The second-order valence-electron chi connectivity index (χ2n) is 3.25. The largest absolute Gasteiger partial charge is 0.299 e. The van der Waals surface area contributed by atoms with Gasteiger partial charge in [0, 0.05) is 12.1 Å². The number of Topliss-reactive ketones (excluding diaryl/α,β-unsaturated/α-hetero) is 1. The third-order valence-corrected chi connectivity index (χ3v) is 2.37. The van der Waals surface area contributed by atoms with Crippen molar-refractivity contribution in [3.8, 4) is 12.1 Å². The summed E-state index contributed by atoms with van der Waals surface area (Å²) < 4.78 is 0. The number of carbonyl (C=O) groups excluding carboxylic acids is 1. The van der Waals surface area contributed by atoms with E-state index in [0.717, 1.165) is 0 Å². The molecule has 4 nitrogen and oxygen atoms in total. The number of rotatable bonds is 3. The highest BCUT2D eigenvalue weighted by Gasteiger charge is 2.15. The van der Waals surface area contributed by atoms with Crippen LogP contribution in [0.3, 0.4) is 0 Å². The summed E-state index contributed by atoms with van der Waals surface area (Å²) in [5.74, 6) is -0.915. The SMILES string of the molecule is CC(=O)C(C#N)Cc1ccc(C#N)c(Cl)n1. The van der Waals surface area contributed by atoms with Gasteiger partial charge in [0.1, 0.15) is 22.9 Å². The number of nitrogens with zero attached hydrogens (tertiary/aromatic N) is 3. The van der Waals surface area contributed by atoms with Crippen LogP contribution in [0.15, 0.2) is 12.1 Å². The Bertz CT molecular complexity index is 499. The molecular weight excluding hydrogens is 226 g/mol. The fraction of sp³-hybridized carbons (Fsp3) is 0.273. The molecule has 1 aromatic rings. The third-order valence-electron chi connectivity index (χ3n) is 2.09. The quantitative estimate of drug-likeness (QED) is 0.747. The van der Waals surface area contributed by atoms with Gasteiger partial charge in [-0.3, -0.25) is 4.79 Å². The van der Waals surface area contributed by atoms with Gasteiger partial charge in [0.2, 0.25) is 0 Å². The molecule has 0 aromatic carbocycles. The number of hydrogen-bond acceptors (Lipinski definition) is 4.